The summed E-state index contributed by atoms with van der Waals surface area (Å²) in [7, 11) is 1.86. The predicted octanol–water partition coefficient (Wildman–Crippen LogP) is 2.08. The molecule has 146 valence electrons. The molecule has 4 rings (SSSR count). The van der Waals surface area contributed by atoms with Crippen LogP contribution in [0.4, 0.5) is 5.82 Å². The van der Waals surface area contributed by atoms with Crippen molar-refractivity contribution in [2.24, 2.45) is 13.0 Å². The Hall–Kier alpha value is -2.15. The second-order valence-electron chi connectivity index (χ2n) is 7.84. The van der Waals surface area contributed by atoms with E-state index in [0.29, 0.717) is 18.2 Å². The molecule has 0 saturated carbocycles. The number of hydrogen-bond donors (Lipinski definition) is 2. The maximum Gasteiger partial charge on any atom is 0.272 e. The van der Waals surface area contributed by atoms with Gasteiger partial charge >= 0.3 is 0 Å². The molecule has 2 aromatic heterocycles. The molecule has 4 heterocycles. The Kier molecular flexibility index (Phi) is 5.57. The van der Waals surface area contributed by atoms with Gasteiger partial charge < -0.3 is 15.5 Å². The van der Waals surface area contributed by atoms with Crippen molar-refractivity contribution in [3.05, 3.63) is 17.8 Å². The van der Waals surface area contributed by atoms with Crippen molar-refractivity contribution >= 4 is 22.8 Å². The SMILES string of the molecule is Cn1nc(C(=O)NCC2CCCNC2)c2ccc(N3CCCCCC3)nc21. The Morgan fingerprint density at radius 2 is 2.04 bits per heavy atom. The quantitative estimate of drug-likeness (QED) is 0.862. The lowest BCUT2D eigenvalue weighted by Crippen LogP contribution is -2.38. The van der Waals surface area contributed by atoms with Crippen LogP contribution in [-0.2, 0) is 7.05 Å². The number of rotatable bonds is 4. The van der Waals surface area contributed by atoms with Crippen molar-refractivity contribution in [1.29, 1.82) is 0 Å². The van der Waals surface area contributed by atoms with Crippen LogP contribution in [0.5, 0.6) is 0 Å². The van der Waals surface area contributed by atoms with Gasteiger partial charge in [-0.25, -0.2) is 9.67 Å². The summed E-state index contributed by atoms with van der Waals surface area (Å²) >= 11 is 0. The van der Waals surface area contributed by atoms with Crippen LogP contribution in [0, 0.1) is 5.92 Å². The Labute approximate surface area is 160 Å². The first-order chi connectivity index (χ1) is 13.2. The third-order valence-corrected chi connectivity index (χ3v) is 5.77. The zero-order chi connectivity index (χ0) is 18.6. The van der Waals surface area contributed by atoms with E-state index >= 15 is 0 Å². The highest BCUT2D eigenvalue weighted by Crippen LogP contribution is 2.23. The lowest BCUT2D eigenvalue weighted by Gasteiger charge is -2.22. The topological polar surface area (TPSA) is 75.1 Å². The van der Waals surface area contributed by atoms with Gasteiger partial charge in [0.1, 0.15) is 5.82 Å². The molecule has 1 atom stereocenters. The highest BCUT2D eigenvalue weighted by atomic mass is 16.1. The molecule has 7 heteroatoms. The first-order valence-electron chi connectivity index (χ1n) is 10.3. The lowest BCUT2D eigenvalue weighted by molar-refractivity contribution is 0.0940. The Morgan fingerprint density at radius 1 is 1.22 bits per heavy atom. The van der Waals surface area contributed by atoms with Gasteiger partial charge in [0.2, 0.25) is 0 Å². The van der Waals surface area contributed by atoms with Crippen molar-refractivity contribution in [1.82, 2.24) is 25.4 Å². The standard InChI is InChI=1S/C20H30N6O/c1-25-19-16(8-9-17(23-19)26-11-4-2-3-5-12-26)18(24-25)20(27)22-14-15-7-6-10-21-13-15/h8-9,15,21H,2-7,10-14H2,1H3,(H,22,27). The summed E-state index contributed by atoms with van der Waals surface area (Å²) in [6.45, 7) is 4.87. The van der Waals surface area contributed by atoms with Gasteiger partial charge in [-0.2, -0.15) is 5.10 Å². The molecule has 2 aliphatic rings. The summed E-state index contributed by atoms with van der Waals surface area (Å²) in [4.78, 5) is 19.9. The third kappa shape index (κ3) is 4.08. The maximum atomic E-state index is 12.7. The van der Waals surface area contributed by atoms with E-state index < -0.39 is 0 Å². The second kappa shape index (κ2) is 8.25. The highest BCUT2D eigenvalue weighted by molar-refractivity contribution is 6.04. The normalized spacial score (nSPS) is 21.2. The number of carbonyl (C=O) groups excluding carboxylic acids is 1. The number of aryl methyl sites for hydroxylation is 1. The van der Waals surface area contributed by atoms with Crippen LogP contribution in [0.3, 0.4) is 0 Å². The molecular weight excluding hydrogens is 340 g/mol. The number of aromatic nitrogens is 3. The van der Waals surface area contributed by atoms with E-state index in [9.17, 15) is 4.79 Å². The van der Waals surface area contributed by atoms with Crippen LogP contribution in [0.15, 0.2) is 12.1 Å². The van der Waals surface area contributed by atoms with Gasteiger partial charge in [-0.1, -0.05) is 12.8 Å². The van der Waals surface area contributed by atoms with Crippen LogP contribution >= 0.6 is 0 Å². The lowest BCUT2D eigenvalue weighted by atomic mass is 10.00. The van der Waals surface area contributed by atoms with E-state index in [1.165, 1.54) is 32.1 Å². The van der Waals surface area contributed by atoms with Crippen molar-refractivity contribution < 1.29 is 4.79 Å². The van der Waals surface area contributed by atoms with Gasteiger partial charge in [0, 0.05) is 26.7 Å². The first kappa shape index (κ1) is 18.2. The van der Waals surface area contributed by atoms with Gasteiger partial charge in [-0.3, -0.25) is 4.79 Å². The number of nitrogens with zero attached hydrogens (tertiary/aromatic N) is 4. The molecule has 0 aromatic carbocycles. The van der Waals surface area contributed by atoms with Crippen LogP contribution in [0.1, 0.15) is 49.0 Å². The number of hydrogen-bond acceptors (Lipinski definition) is 5. The van der Waals surface area contributed by atoms with Crippen LogP contribution in [0.2, 0.25) is 0 Å². The number of carbonyl (C=O) groups is 1. The molecule has 1 amide bonds. The van der Waals surface area contributed by atoms with Gasteiger partial charge in [0.25, 0.3) is 5.91 Å². The summed E-state index contributed by atoms with van der Waals surface area (Å²) in [5.74, 6) is 1.40. The second-order valence-corrected chi connectivity index (χ2v) is 7.84. The molecule has 1 unspecified atom stereocenters. The van der Waals surface area contributed by atoms with Crippen LogP contribution in [-0.4, -0.2) is 53.4 Å². The van der Waals surface area contributed by atoms with Crippen LogP contribution < -0.4 is 15.5 Å². The number of amides is 1. The third-order valence-electron chi connectivity index (χ3n) is 5.77. The molecule has 27 heavy (non-hydrogen) atoms. The van der Waals surface area contributed by atoms with E-state index in [4.69, 9.17) is 4.98 Å². The summed E-state index contributed by atoms with van der Waals surface area (Å²) in [5.41, 5.74) is 1.26. The molecule has 2 N–H and O–H groups in total. The fraction of sp³-hybridized carbons (Fsp3) is 0.650. The Bertz CT molecular complexity index is 787. The van der Waals surface area contributed by atoms with Crippen molar-refractivity contribution in [2.75, 3.05) is 37.6 Å². The smallest absolute Gasteiger partial charge is 0.272 e. The number of piperidine rings is 1. The van der Waals surface area contributed by atoms with Gasteiger partial charge in [-0.05, 0) is 56.8 Å². The minimum Gasteiger partial charge on any atom is -0.357 e. The van der Waals surface area contributed by atoms with Gasteiger partial charge in [0.05, 0.1) is 5.39 Å². The summed E-state index contributed by atoms with van der Waals surface area (Å²) in [5, 5.41) is 11.8. The fourth-order valence-corrected chi connectivity index (χ4v) is 4.18. The first-order valence-corrected chi connectivity index (χ1v) is 10.3. The monoisotopic (exact) mass is 370 g/mol. The molecule has 0 bridgehead atoms. The maximum absolute atomic E-state index is 12.7. The average molecular weight is 371 g/mol. The van der Waals surface area contributed by atoms with E-state index in [1.807, 2.05) is 19.2 Å². The molecule has 2 fully saturated rings. The molecule has 0 aliphatic carbocycles. The van der Waals surface area contributed by atoms with E-state index in [1.54, 1.807) is 4.68 Å². The van der Waals surface area contributed by atoms with Gasteiger partial charge in [-0.15, -0.1) is 0 Å². The van der Waals surface area contributed by atoms with Crippen molar-refractivity contribution in [2.45, 2.75) is 38.5 Å². The zero-order valence-corrected chi connectivity index (χ0v) is 16.2. The minimum atomic E-state index is -0.101. The molecule has 0 spiro atoms. The summed E-state index contributed by atoms with van der Waals surface area (Å²) in [6, 6.07) is 4.05. The minimum absolute atomic E-state index is 0.101. The number of fused-ring (bicyclic) bond motifs is 1. The number of nitrogens with one attached hydrogen (secondary N) is 2. The molecule has 2 aromatic rings. The van der Waals surface area contributed by atoms with Crippen molar-refractivity contribution in [3.63, 3.8) is 0 Å². The van der Waals surface area contributed by atoms with E-state index in [0.717, 1.165) is 49.5 Å². The molecule has 2 aliphatic heterocycles. The summed E-state index contributed by atoms with van der Waals surface area (Å²) < 4.78 is 1.73. The van der Waals surface area contributed by atoms with E-state index in [-0.39, 0.29) is 5.91 Å². The Balaban J connectivity index is 1.50. The molecule has 7 nitrogen and oxygen atoms in total. The largest absolute Gasteiger partial charge is 0.357 e. The molecule has 2 saturated heterocycles. The highest BCUT2D eigenvalue weighted by Gasteiger charge is 2.20. The van der Waals surface area contributed by atoms with E-state index in [2.05, 4.69) is 20.6 Å². The fourth-order valence-electron chi connectivity index (χ4n) is 4.18. The van der Waals surface area contributed by atoms with Crippen LogP contribution in [0.25, 0.3) is 11.0 Å². The summed E-state index contributed by atoms with van der Waals surface area (Å²) in [6.07, 6.45) is 7.37. The zero-order valence-electron chi connectivity index (χ0n) is 16.2. The van der Waals surface area contributed by atoms with Gasteiger partial charge in [0.15, 0.2) is 11.3 Å². The number of anilines is 1. The molecule has 0 radical (unpaired) electrons. The number of pyridine rings is 1. The predicted molar refractivity (Wildman–Crippen MR) is 107 cm³/mol. The molecular formula is C20H30N6O. The Morgan fingerprint density at radius 3 is 2.78 bits per heavy atom. The van der Waals surface area contributed by atoms with Crippen molar-refractivity contribution in [3.8, 4) is 0 Å². The average Bonchev–Trinajstić information content (AvgIpc) is 2.88.